The number of nitrogen functional groups attached to an aromatic ring is 1. The fourth-order valence-corrected chi connectivity index (χ4v) is 1.48. The smallest absolute Gasteiger partial charge is 0.275 e. The fraction of sp³-hybridized carbons (Fsp3) is 0.500. The second-order valence-electron chi connectivity index (χ2n) is 4.40. The summed E-state index contributed by atoms with van der Waals surface area (Å²) in [4.78, 5) is 10.1. The van der Waals surface area contributed by atoms with Crippen LogP contribution in [-0.2, 0) is 0 Å². The van der Waals surface area contributed by atoms with Crippen molar-refractivity contribution in [2.75, 3.05) is 12.3 Å². The van der Waals surface area contributed by atoms with Gasteiger partial charge in [0, 0.05) is 17.8 Å². The highest BCUT2D eigenvalue weighted by Crippen LogP contribution is 2.24. The summed E-state index contributed by atoms with van der Waals surface area (Å²) in [5.74, 6) is 1.09. The predicted octanol–water partition coefficient (Wildman–Crippen LogP) is 2.99. The normalized spacial score (nSPS) is 10.5. The van der Waals surface area contributed by atoms with Crippen molar-refractivity contribution in [1.82, 2.24) is 0 Å². The molecule has 5 nitrogen and oxygen atoms in total. The van der Waals surface area contributed by atoms with Crippen LogP contribution in [0.2, 0.25) is 0 Å². The largest absolute Gasteiger partial charge is 0.493 e. The van der Waals surface area contributed by atoms with Crippen LogP contribution in [0.15, 0.2) is 18.2 Å². The summed E-state index contributed by atoms with van der Waals surface area (Å²) in [5, 5.41) is 10.6. The van der Waals surface area contributed by atoms with Gasteiger partial charge in [-0.2, -0.15) is 0 Å². The minimum absolute atomic E-state index is 0.0381. The molecule has 5 heteroatoms. The Morgan fingerprint density at radius 3 is 2.71 bits per heavy atom. The molecular weight excluding hydrogens is 220 g/mol. The van der Waals surface area contributed by atoms with Crippen LogP contribution < -0.4 is 10.5 Å². The van der Waals surface area contributed by atoms with E-state index in [0.717, 1.165) is 12.8 Å². The SMILES string of the molecule is CC(C)CCCOc1cc(N)cc([N+](=O)[O-])c1. The molecule has 94 valence electrons. The third-order valence-electron chi connectivity index (χ3n) is 2.32. The number of hydrogen-bond acceptors (Lipinski definition) is 4. The van der Waals surface area contributed by atoms with Crippen LogP contribution >= 0.6 is 0 Å². The van der Waals surface area contributed by atoms with Gasteiger partial charge in [0.1, 0.15) is 5.75 Å². The number of nitro groups is 1. The molecule has 2 N–H and O–H groups in total. The minimum Gasteiger partial charge on any atom is -0.493 e. The van der Waals surface area contributed by atoms with E-state index in [1.165, 1.54) is 12.1 Å². The number of nitro benzene ring substituents is 1. The number of benzene rings is 1. The van der Waals surface area contributed by atoms with E-state index in [9.17, 15) is 10.1 Å². The zero-order valence-corrected chi connectivity index (χ0v) is 10.2. The molecule has 0 saturated carbocycles. The average molecular weight is 238 g/mol. The first-order valence-corrected chi connectivity index (χ1v) is 5.67. The Hall–Kier alpha value is -1.78. The molecule has 0 fully saturated rings. The number of hydrogen-bond donors (Lipinski definition) is 1. The summed E-state index contributed by atoms with van der Waals surface area (Å²) in [5.41, 5.74) is 5.87. The van der Waals surface area contributed by atoms with E-state index < -0.39 is 4.92 Å². The van der Waals surface area contributed by atoms with Crippen molar-refractivity contribution < 1.29 is 9.66 Å². The van der Waals surface area contributed by atoms with E-state index in [0.29, 0.717) is 24.0 Å². The van der Waals surface area contributed by atoms with E-state index in [1.54, 1.807) is 6.07 Å². The second kappa shape index (κ2) is 6.08. The summed E-state index contributed by atoms with van der Waals surface area (Å²) in [6.45, 7) is 4.84. The Morgan fingerprint density at radius 2 is 2.12 bits per heavy atom. The summed E-state index contributed by atoms with van der Waals surface area (Å²) < 4.78 is 5.44. The molecule has 0 aliphatic rings. The molecule has 0 amide bonds. The van der Waals surface area contributed by atoms with Gasteiger partial charge in [0.05, 0.1) is 17.6 Å². The van der Waals surface area contributed by atoms with Crippen LogP contribution in [0.3, 0.4) is 0 Å². The topological polar surface area (TPSA) is 78.4 Å². The molecular formula is C12H18N2O3. The van der Waals surface area contributed by atoms with Gasteiger partial charge >= 0.3 is 0 Å². The summed E-state index contributed by atoms with van der Waals surface area (Å²) in [6, 6.07) is 4.31. The molecule has 1 aromatic carbocycles. The van der Waals surface area contributed by atoms with Gasteiger partial charge in [-0.3, -0.25) is 10.1 Å². The molecule has 0 saturated heterocycles. The average Bonchev–Trinajstić information content (AvgIpc) is 2.23. The number of non-ortho nitro benzene ring substituents is 1. The van der Waals surface area contributed by atoms with Crippen LogP contribution in [0.25, 0.3) is 0 Å². The van der Waals surface area contributed by atoms with E-state index in [-0.39, 0.29) is 5.69 Å². The Morgan fingerprint density at radius 1 is 1.41 bits per heavy atom. The molecule has 17 heavy (non-hydrogen) atoms. The molecule has 1 aromatic rings. The molecule has 0 spiro atoms. The molecule has 0 bridgehead atoms. The van der Waals surface area contributed by atoms with Gasteiger partial charge in [-0.1, -0.05) is 13.8 Å². The van der Waals surface area contributed by atoms with Crippen molar-refractivity contribution >= 4 is 11.4 Å². The molecule has 0 aliphatic heterocycles. The van der Waals surface area contributed by atoms with Crippen molar-refractivity contribution in [3.63, 3.8) is 0 Å². The maximum atomic E-state index is 10.6. The van der Waals surface area contributed by atoms with Crippen LogP contribution in [0.1, 0.15) is 26.7 Å². The lowest BCUT2D eigenvalue weighted by atomic mass is 10.1. The van der Waals surface area contributed by atoms with Gasteiger partial charge in [0.25, 0.3) is 5.69 Å². The van der Waals surface area contributed by atoms with Crippen LogP contribution in [0.5, 0.6) is 5.75 Å². The summed E-state index contributed by atoms with van der Waals surface area (Å²) in [7, 11) is 0. The van der Waals surface area contributed by atoms with Crippen molar-refractivity contribution in [1.29, 1.82) is 0 Å². The van der Waals surface area contributed by atoms with Crippen molar-refractivity contribution in [2.45, 2.75) is 26.7 Å². The zero-order chi connectivity index (χ0) is 12.8. The second-order valence-corrected chi connectivity index (χ2v) is 4.40. The molecule has 0 aromatic heterocycles. The maximum absolute atomic E-state index is 10.6. The van der Waals surface area contributed by atoms with Gasteiger partial charge in [-0.15, -0.1) is 0 Å². The van der Waals surface area contributed by atoms with Crippen LogP contribution in [-0.4, -0.2) is 11.5 Å². The Bertz CT molecular complexity index is 391. The molecule has 0 unspecified atom stereocenters. The Balaban J connectivity index is 2.56. The van der Waals surface area contributed by atoms with Gasteiger partial charge in [-0.05, 0) is 18.8 Å². The minimum atomic E-state index is -0.475. The van der Waals surface area contributed by atoms with Gasteiger partial charge in [0.2, 0.25) is 0 Å². The van der Waals surface area contributed by atoms with Crippen molar-refractivity contribution in [3.05, 3.63) is 28.3 Å². The lowest BCUT2D eigenvalue weighted by Crippen LogP contribution is -2.01. The standard InChI is InChI=1S/C12H18N2O3/c1-9(2)4-3-5-17-12-7-10(13)6-11(8-12)14(15)16/h6-9H,3-5,13H2,1-2H3. The summed E-state index contributed by atoms with van der Waals surface area (Å²) >= 11 is 0. The fourth-order valence-electron chi connectivity index (χ4n) is 1.48. The third kappa shape index (κ3) is 4.72. The van der Waals surface area contributed by atoms with Gasteiger partial charge in [0.15, 0.2) is 0 Å². The molecule has 0 radical (unpaired) electrons. The predicted molar refractivity (Wildman–Crippen MR) is 67.1 cm³/mol. The lowest BCUT2D eigenvalue weighted by molar-refractivity contribution is -0.384. The highest BCUT2D eigenvalue weighted by Gasteiger charge is 2.09. The van der Waals surface area contributed by atoms with Crippen LogP contribution in [0, 0.1) is 16.0 Å². The molecule has 0 atom stereocenters. The first-order valence-electron chi connectivity index (χ1n) is 5.67. The Kier molecular flexibility index (Phi) is 4.75. The highest BCUT2D eigenvalue weighted by atomic mass is 16.6. The van der Waals surface area contributed by atoms with E-state index in [1.807, 2.05) is 0 Å². The Labute approximate surface area is 101 Å². The lowest BCUT2D eigenvalue weighted by Gasteiger charge is -2.08. The number of nitrogens with two attached hydrogens (primary N) is 1. The van der Waals surface area contributed by atoms with E-state index in [2.05, 4.69) is 13.8 Å². The van der Waals surface area contributed by atoms with Crippen molar-refractivity contribution in [2.24, 2.45) is 5.92 Å². The van der Waals surface area contributed by atoms with Crippen LogP contribution in [0.4, 0.5) is 11.4 Å². The van der Waals surface area contributed by atoms with Gasteiger partial charge < -0.3 is 10.5 Å². The summed E-state index contributed by atoms with van der Waals surface area (Å²) in [6.07, 6.45) is 2.00. The van der Waals surface area contributed by atoms with Crippen molar-refractivity contribution in [3.8, 4) is 5.75 Å². The molecule has 0 heterocycles. The monoisotopic (exact) mass is 238 g/mol. The number of ether oxygens (including phenoxy) is 1. The van der Waals surface area contributed by atoms with Gasteiger partial charge in [-0.25, -0.2) is 0 Å². The zero-order valence-electron chi connectivity index (χ0n) is 10.2. The quantitative estimate of drug-likeness (QED) is 0.357. The molecule has 1 rings (SSSR count). The first kappa shape index (κ1) is 13.3. The number of rotatable bonds is 6. The van der Waals surface area contributed by atoms with E-state index >= 15 is 0 Å². The maximum Gasteiger partial charge on any atom is 0.275 e. The third-order valence-corrected chi connectivity index (χ3v) is 2.32. The molecule has 0 aliphatic carbocycles. The van der Waals surface area contributed by atoms with E-state index in [4.69, 9.17) is 10.5 Å². The highest BCUT2D eigenvalue weighted by molar-refractivity contribution is 5.53. The first-order chi connectivity index (χ1) is 7.99. The number of nitrogens with zero attached hydrogens (tertiary/aromatic N) is 1. The number of anilines is 1.